The van der Waals surface area contributed by atoms with Crippen LogP contribution in [-0.4, -0.2) is 79.2 Å². The van der Waals surface area contributed by atoms with Gasteiger partial charge >= 0.3 is 5.97 Å². The van der Waals surface area contributed by atoms with Crippen LogP contribution in [0, 0.1) is 5.92 Å². The SMILES string of the molecule is CC1(O)C(O)C2C(O)N=C(N)NC23C(O)C(=O)OC1C3O. The quantitative estimate of drug-likeness (QED) is 0.217. The van der Waals surface area contributed by atoms with Gasteiger partial charge in [0.25, 0.3) is 0 Å². The molecule has 8 unspecified atom stereocenters. The number of aliphatic imine (C=N–C) groups is 1. The minimum atomic E-state index is -2.03. The van der Waals surface area contributed by atoms with Gasteiger partial charge in [-0.2, -0.15) is 0 Å². The number of nitrogens with two attached hydrogens (primary N) is 1. The predicted octanol–water partition coefficient (Wildman–Crippen LogP) is -4.65. The Hall–Kier alpha value is -1.46. The third-order valence-electron chi connectivity index (χ3n) is 4.70. The normalized spacial score (nSPS) is 55.9. The van der Waals surface area contributed by atoms with Gasteiger partial charge in [0.1, 0.15) is 17.2 Å². The number of fused-ring (bicyclic) bond motifs is 1. The summed E-state index contributed by atoms with van der Waals surface area (Å²) in [6.07, 6.45) is -8.26. The van der Waals surface area contributed by atoms with E-state index in [4.69, 9.17) is 10.5 Å². The zero-order valence-electron chi connectivity index (χ0n) is 11.0. The van der Waals surface area contributed by atoms with Crippen LogP contribution >= 0.6 is 0 Å². The zero-order chi connectivity index (χ0) is 15.7. The van der Waals surface area contributed by atoms with Crippen LogP contribution in [0.15, 0.2) is 4.99 Å². The fraction of sp³-hybridized carbons (Fsp3) is 0.818. The number of aliphatic hydroxyl groups excluding tert-OH is 4. The Bertz CT molecular complexity index is 524. The van der Waals surface area contributed by atoms with Crippen molar-refractivity contribution in [1.29, 1.82) is 0 Å². The largest absolute Gasteiger partial charge is 0.454 e. The van der Waals surface area contributed by atoms with Crippen molar-refractivity contribution in [2.24, 2.45) is 16.6 Å². The summed E-state index contributed by atoms with van der Waals surface area (Å²) in [6, 6.07) is 0. The van der Waals surface area contributed by atoms with Crippen LogP contribution in [0.2, 0.25) is 0 Å². The first-order chi connectivity index (χ1) is 9.64. The first-order valence-corrected chi connectivity index (χ1v) is 6.40. The number of esters is 1. The van der Waals surface area contributed by atoms with Gasteiger partial charge in [0.05, 0.1) is 12.0 Å². The molecule has 21 heavy (non-hydrogen) atoms. The van der Waals surface area contributed by atoms with Crippen LogP contribution in [0.25, 0.3) is 0 Å². The molecule has 2 heterocycles. The highest BCUT2D eigenvalue weighted by atomic mass is 16.6. The van der Waals surface area contributed by atoms with E-state index in [9.17, 15) is 30.3 Å². The minimum Gasteiger partial charge on any atom is -0.454 e. The second-order valence-corrected chi connectivity index (χ2v) is 5.89. The Balaban J connectivity index is 2.22. The lowest BCUT2D eigenvalue weighted by atomic mass is 9.57. The summed E-state index contributed by atoms with van der Waals surface area (Å²) in [5.74, 6) is -2.77. The number of carbonyl (C=O) groups is 1. The van der Waals surface area contributed by atoms with Crippen LogP contribution in [0.4, 0.5) is 0 Å². The molecular formula is C11H17N3O7. The van der Waals surface area contributed by atoms with E-state index in [1.165, 1.54) is 0 Å². The maximum atomic E-state index is 11.8. The third-order valence-corrected chi connectivity index (χ3v) is 4.70. The Morgan fingerprint density at radius 3 is 2.52 bits per heavy atom. The monoisotopic (exact) mass is 303 g/mol. The number of nitrogens with zero attached hydrogens (tertiary/aromatic N) is 1. The van der Waals surface area contributed by atoms with E-state index < -0.39 is 53.7 Å². The molecule has 0 aromatic rings. The summed E-state index contributed by atoms with van der Waals surface area (Å²) < 4.78 is 4.83. The molecule has 118 valence electrons. The lowest BCUT2D eigenvalue weighted by Gasteiger charge is -2.62. The van der Waals surface area contributed by atoms with Gasteiger partial charge in [-0.1, -0.05) is 0 Å². The number of guanidine groups is 1. The van der Waals surface area contributed by atoms with Gasteiger partial charge in [0.2, 0.25) is 0 Å². The zero-order valence-corrected chi connectivity index (χ0v) is 11.0. The fourth-order valence-electron chi connectivity index (χ4n) is 3.58. The van der Waals surface area contributed by atoms with Gasteiger partial charge in [-0.3, -0.25) is 0 Å². The first kappa shape index (κ1) is 14.5. The molecule has 8 N–H and O–H groups in total. The molecule has 3 rings (SSSR count). The van der Waals surface area contributed by atoms with Crippen LogP contribution in [-0.2, 0) is 9.53 Å². The molecule has 0 amide bonds. The lowest BCUT2D eigenvalue weighted by Crippen LogP contribution is -2.87. The average Bonchev–Trinajstić information content (AvgIpc) is 2.38. The molecule has 0 aromatic heterocycles. The van der Waals surface area contributed by atoms with E-state index in [-0.39, 0.29) is 5.96 Å². The number of aliphatic hydroxyl groups is 5. The summed E-state index contributed by atoms with van der Waals surface area (Å²) in [6.45, 7) is 1.16. The molecule has 8 atom stereocenters. The summed E-state index contributed by atoms with van der Waals surface area (Å²) in [7, 11) is 0. The van der Waals surface area contributed by atoms with Gasteiger partial charge in [-0.25, -0.2) is 9.79 Å². The fourth-order valence-corrected chi connectivity index (χ4v) is 3.58. The van der Waals surface area contributed by atoms with Crippen molar-refractivity contribution >= 4 is 11.9 Å². The Morgan fingerprint density at radius 1 is 1.29 bits per heavy atom. The summed E-state index contributed by atoms with van der Waals surface area (Å²) in [5, 5.41) is 53.9. The number of ether oxygens (including phenoxy) is 1. The van der Waals surface area contributed by atoms with Gasteiger partial charge in [-0.05, 0) is 6.92 Å². The number of nitrogens with one attached hydrogen (secondary N) is 1. The van der Waals surface area contributed by atoms with Crippen molar-refractivity contribution in [3.05, 3.63) is 0 Å². The Morgan fingerprint density at radius 2 is 1.90 bits per heavy atom. The molecule has 1 aliphatic carbocycles. The lowest BCUT2D eigenvalue weighted by molar-refractivity contribution is -0.299. The molecule has 2 aliphatic heterocycles. The van der Waals surface area contributed by atoms with Gasteiger partial charge in [0.15, 0.2) is 24.4 Å². The Labute approximate surface area is 118 Å². The van der Waals surface area contributed by atoms with E-state index in [1.807, 2.05) is 0 Å². The van der Waals surface area contributed by atoms with E-state index in [1.54, 1.807) is 0 Å². The first-order valence-electron chi connectivity index (χ1n) is 6.40. The van der Waals surface area contributed by atoms with E-state index >= 15 is 0 Å². The number of carbonyl (C=O) groups excluding carboxylic acids is 1. The van der Waals surface area contributed by atoms with E-state index in [0.29, 0.717) is 0 Å². The minimum absolute atomic E-state index is 0.306. The molecular weight excluding hydrogens is 286 g/mol. The summed E-state index contributed by atoms with van der Waals surface area (Å²) in [4.78, 5) is 15.4. The van der Waals surface area contributed by atoms with Crippen LogP contribution in [0.1, 0.15) is 6.92 Å². The van der Waals surface area contributed by atoms with Crippen molar-refractivity contribution < 1.29 is 35.1 Å². The van der Waals surface area contributed by atoms with Crippen molar-refractivity contribution in [1.82, 2.24) is 5.32 Å². The second-order valence-electron chi connectivity index (χ2n) is 5.89. The molecule has 10 heteroatoms. The molecule has 0 radical (unpaired) electrons. The highest BCUT2D eigenvalue weighted by Gasteiger charge is 2.74. The predicted molar refractivity (Wildman–Crippen MR) is 65.5 cm³/mol. The van der Waals surface area contributed by atoms with Crippen molar-refractivity contribution in [2.75, 3.05) is 0 Å². The van der Waals surface area contributed by atoms with Crippen LogP contribution < -0.4 is 11.1 Å². The van der Waals surface area contributed by atoms with Crippen molar-refractivity contribution in [3.8, 4) is 0 Å². The molecule has 3 aliphatic rings. The van der Waals surface area contributed by atoms with Gasteiger partial charge < -0.3 is 41.3 Å². The summed E-state index contributed by atoms with van der Waals surface area (Å²) >= 11 is 0. The topological polar surface area (TPSA) is 178 Å². The highest BCUT2D eigenvalue weighted by molar-refractivity contribution is 5.85. The Kier molecular flexibility index (Phi) is 2.79. The van der Waals surface area contributed by atoms with Crippen molar-refractivity contribution in [2.45, 2.75) is 48.7 Å². The summed E-state index contributed by atoms with van der Waals surface area (Å²) in [5.41, 5.74) is 1.58. The molecule has 1 saturated carbocycles. The molecule has 2 fully saturated rings. The molecule has 2 bridgehead atoms. The average molecular weight is 303 g/mol. The second kappa shape index (κ2) is 4.05. The standard InChI is InChI=1S/C11H17N3O7/c1-10(20)3(15)2-7(18)13-9(12)14-11(2)4(16)6(10)21-8(19)5(11)17/h2-7,15-18,20H,1H3,(H3,12,13,14). The molecule has 1 saturated heterocycles. The van der Waals surface area contributed by atoms with Gasteiger partial charge in [0, 0.05) is 0 Å². The van der Waals surface area contributed by atoms with E-state index in [2.05, 4.69) is 10.3 Å². The molecule has 1 spiro atoms. The molecule has 0 aromatic carbocycles. The maximum absolute atomic E-state index is 11.8. The van der Waals surface area contributed by atoms with Crippen molar-refractivity contribution in [3.63, 3.8) is 0 Å². The highest BCUT2D eigenvalue weighted by Crippen LogP contribution is 2.48. The van der Waals surface area contributed by atoms with E-state index in [0.717, 1.165) is 6.92 Å². The number of hydrogen-bond donors (Lipinski definition) is 7. The van der Waals surface area contributed by atoms with Crippen LogP contribution in [0.3, 0.4) is 0 Å². The smallest absolute Gasteiger partial charge is 0.338 e. The molecule has 10 nitrogen and oxygen atoms in total. The number of hydrogen-bond acceptors (Lipinski definition) is 10. The van der Waals surface area contributed by atoms with Crippen LogP contribution in [0.5, 0.6) is 0 Å². The van der Waals surface area contributed by atoms with Gasteiger partial charge in [-0.15, -0.1) is 0 Å². The maximum Gasteiger partial charge on any atom is 0.338 e. The number of rotatable bonds is 0. The third kappa shape index (κ3) is 1.53.